The third-order valence-electron chi connectivity index (χ3n) is 0.875. The fourth-order valence-electron chi connectivity index (χ4n) is 0.485. The molecule has 0 aromatic rings. The van der Waals surface area contributed by atoms with Crippen LogP contribution in [-0.4, -0.2) is 18.9 Å². The summed E-state index contributed by atoms with van der Waals surface area (Å²) >= 11 is 0. The van der Waals surface area contributed by atoms with Gasteiger partial charge in [-0.2, -0.15) is 5.10 Å². The van der Waals surface area contributed by atoms with Crippen LogP contribution in [-0.2, 0) is 0 Å². The van der Waals surface area contributed by atoms with Crippen LogP contribution in [0.25, 0.3) is 0 Å². The van der Waals surface area contributed by atoms with Crippen molar-refractivity contribution >= 4 is 6.34 Å². The zero-order valence-electron chi connectivity index (χ0n) is 4.31. The number of hydrazone groups is 1. The zero-order chi connectivity index (χ0) is 5.11. The molecule has 7 heavy (non-hydrogen) atoms. The van der Waals surface area contributed by atoms with E-state index >= 15 is 0 Å². The molecule has 1 atom stereocenters. The van der Waals surface area contributed by atoms with Crippen molar-refractivity contribution in [3.05, 3.63) is 0 Å². The van der Waals surface area contributed by atoms with Crippen LogP contribution in [0.5, 0.6) is 0 Å². The highest BCUT2D eigenvalue weighted by Crippen LogP contribution is 1.79. The molecule has 1 aliphatic heterocycles. The molecule has 0 aliphatic carbocycles. The molecular formula is C4H9N3. The van der Waals surface area contributed by atoms with Gasteiger partial charge in [-0.15, -0.1) is 0 Å². The van der Waals surface area contributed by atoms with Crippen molar-refractivity contribution in [2.45, 2.75) is 13.0 Å². The van der Waals surface area contributed by atoms with Gasteiger partial charge in [0.25, 0.3) is 0 Å². The standard InChI is InChI=1S/C4H9N3/c1-4-2-5-3-6-7-4/h3-4,7H,2H2,1H3,(H,5,6)/t4-/m1/s1. The number of hydrogen-bond acceptors (Lipinski definition) is 3. The highest BCUT2D eigenvalue weighted by molar-refractivity contribution is 5.54. The Labute approximate surface area is 42.8 Å². The largest absolute Gasteiger partial charge is 0.373 e. The van der Waals surface area contributed by atoms with E-state index in [0.717, 1.165) is 6.54 Å². The molecule has 1 rings (SSSR count). The molecule has 0 saturated carbocycles. The molecule has 0 saturated heterocycles. The SMILES string of the molecule is C[C@@H]1CNC=NN1. The van der Waals surface area contributed by atoms with E-state index in [-0.39, 0.29) is 0 Å². The van der Waals surface area contributed by atoms with Crippen LogP contribution in [0.3, 0.4) is 0 Å². The monoisotopic (exact) mass is 99.1 g/mol. The predicted molar refractivity (Wildman–Crippen MR) is 29.1 cm³/mol. The van der Waals surface area contributed by atoms with Crippen molar-refractivity contribution in [2.75, 3.05) is 6.54 Å². The molecule has 1 heterocycles. The minimum Gasteiger partial charge on any atom is -0.373 e. The lowest BCUT2D eigenvalue weighted by atomic mass is 10.3. The van der Waals surface area contributed by atoms with Gasteiger partial charge in [-0.1, -0.05) is 0 Å². The van der Waals surface area contributed by atoms with Crippen molar-refractivity contribution in [3.63, 3.8) is 0 Å². The minimum atomic E-state index is 0.477. The molecule has 0 radical (unpaired) electrons. The van der Waals surface area contributed by atoms with Crippen molar-refractivity contribution in [1.82, 2.24) is 10.7 Å². The van der Waals surface area contributed by atoms with Crippen LogP contribution >= 0.6 is 0 Å². The summed E-state index contributed by atoms with van der Waals surface area (Å²) in [4.78, 5) is 0. The average Bonchev–Trinajstić information content (AvgIpc) is 1.69. The topological polar surface area (TPSA) is 36.4 Å². The molecule has 3 nitrogen and oxygen atoms in total. The molecule has 0 bridgehead atoms. The summed E-state index contributed by atoms with van der Waals surface area (Å²) in [7, 11) is 0. The number of rotatable bonds is 0. The van der Waals surface area contributed by atoms with Gasteiger partial charge in [0.05, 0.1) is 6.04 Å². The molecule has 0 amide bonds. The van der Waals surface area contributed by atoms with Gasteiger partial charge in [-0.05, 0) is 6.92 Å². The van der Waals surface area contributed by atoms with Crippen LogP contribution in [0.2, 0.25) is 0 Å². The summed E-state index contributed by atoms with van der Waals surface area (Å²) in [5.41, 5.74) is 2.89. The molecular weight excluding hydrogens is 90.1 g/mol. The van der Waals surface area contributed by atoms with Crippen LogP contribution in [0.15, 0.2) is 5.10 Å². The summed E-state index contributed by atoms with van der Waals surface area (Å²) in [6.45, 7) is 3.05. The molecule has 2 N–H and O–H groups in total. The number of hydrogen-bond donors (Lipinski definition) is 2. The summed E-state index contributed by atoms with van der Waals surface area (Å²) in [6, 6.07) is 0.477. The highest BCUT2D eigenvalue weighted by Gasteiger charge is 1.98. The van der Waals surface area contributed by atoms with E-state index in [9.17, 15) is 0 Å². The van der Waals surface area contributed by atoms with E-state index in [4.69, 9.17) is 0 Å². The van der Waals surface area contributed by atoms with E-state index in [0.29, 0.717) is 6.04 Å². The average molecular weight is 99.1 g/mol. The van der Waals surface area contributed by atoms with Gasteiger partial charge in [0.2, 0.25) is 0 Å². The lowest BCUT2D eigenvalue weighted by Gasteiger charge is -2.14. The normalized spacial score (nSPS) is 28.4. The molecule has 0 spiro atoms. The fraction of sp³-hybridized carbons (Fsp3) is 0.750. The van der Waals surface area contributed by atoms with Crippen LogP contribution in [0.1, 0.15) is 6.92 Å². The van der Waals surface area contributed by atoms with Crippen molar-refractivity contribution < 1.29 is 0 Å². The first-order chi connectivity index (χ1) is 3.39. The number of nitrogens with one attached hydrogen (secondary N) is 2. The van der Waals surface area contributed by atoms with E-state index in [1.165, 1.54) is 0 Å². The van der Waals surface area contributed by atoms with Gasteiger partial charge < -0.3 is 10.7 Å². The molecule has 0 aromatic heterocycles. The quantitative estimate of drug-likeness (QED) is 0.430. The Morgan fingerprint density at radius 3 is 3.00 bits per heavy atom. The lowest BCUT2D eigenvalue weighted by Crippen LogP contribution is -2.37. The van der Waals surface area contributed by atoms with Gasteiger partial charge in [0.1, 0.15) is 6.34 Å². The Morgan fingerprint density at radius 2 is 2.71 bits per heavy atom. The van der Waals surface area contributed by atoms with Crippen molar-refractivity contribution in [1.29, 1.82) is 0 Å². The molecule has 40 valence electrons. The molecule has 1 aliphatic rings. The maximum absolute atomic E-state index is 3.77. The Hall–Kier alpha value is -0.730. The van der Waals surface area contributed by atoms with Gasteiger partial charge >= 0.3 is 0 Å². The fourth-order valence-corrected chi connectivity index (χ4v) is 0.485. The Bertz CT molecular complexity index is 79.0. The summed E-state index contributed by atoms with van der Waals surface area (Å²) in [6.07, 6.45) is 1.67. The first kappa shape index (κ1) is 4.43. The van der Waals surface area contributed by atoms with E-state index in [2.05, 4.69) is 22.8 Å². The molecule has 0 aromatic carbocycles. The summed E-state index contributed by atoms with van der Waals surface area (Å²) < 4.78 is 0. The van der Waals surface area contributed by atoms with Gasteiger partial charge in [-0.3, -0.25) is 0 Å². The lowest BCUT2D eigenvalue weighted by molar-refractivity contribution is 0.538. The van der Waals surface area contributed by atoms with Gasteiger partial charge in [0.15, 0.2) is 0 Å². The first-order valence-electron chi connectivity index (χ1n) is 2.40. The zero-order valence-corrected chi connectivity index (χ0v) is 4.31. The third kappa shape index (κ3) is 1.07. The van der Waals surface area contributed by atoms with Crippen LogP contribution in [0.4, 0.5) is 0 Å². The number of nitrogens with zero attached hydrogens (tertiary/aromatic N) is 1. The second-order valence-corrected chi connectivity index (χ2v) is 1.70. The van der Waals surface area contributed by atoms with Crippen molar-refractivity contribution in [2.24, 2.45) is 5.10 Å². The third-order valence-corrected chi connectivity index (χ3v) is 0.875. The van der Waals surface area contributed by atoms with Crippen LogP contribution in [0, 0.1) is 0 Å². The second kappa shape index (κ2) is 1.82. The molecule has 3 heteroatoms. The van der Waals surface area contributed by atoms with E-state index in [1.807, 2.05) is 0 Å². The summed E-state index contributed by atoms with van der Waals surface area (Å²) in [5, 5.41) is 6.75. The van der Waals surface area contributed by atoms with Gasteiger partial charge in [0, 0.05) is 6.54 Å². The smallest absolute Gasteiger partial charge is 0.108 e. The second-order valence-electron chi connectivity index (χ2n) is 1.70. The molecule has 0 unspecified atom stereocenters. The minimum absolute atomic E-state index is 0.477. The van der Waals surface area contributed by atoms with Crippen LogP contribution < -0.4 is 10.7 Å². The Balaban J connectivity index is 2.32. The van der Waals surface area contributed by atoms with Gasteiger partial charge in [-0.25, -0.2) is 0 Å². The molecule has 0 fully saturated rings. The predicted octanol–water partition coefficient (Wildman–Crippen LogP) is -0.489. The Kier molecular flexibility index (Phi) is 1.15. The first-order valence-corrected chi connectivity index (χ1v) is 2.40. The van der Waals surface area contributed by atoms with Crippen molar-refractivity contribution in [3.8, 4) is 0 Å². The summed E-state index contributed by atoms with van der Waals surface area (Å²) in [5.74, 6) is 0. The highest BCUT2D eigenvalue weighted by atomic mass is 15.3. The van der Waals surface area contributed by atoms with E-state index < -0.39 is 0 Å². The Morgan fingerprint density at radius 1 is 1.86 bits per heavy atom. The maximum Gasteiger partial charge on any atom is 0.108 e. The maximum atomic E-state index is 3.77. The van der Waals surface area contributed by atoms with E-state index in [1.54, 1.807) is 6.34 Å².